The first kappa shape index (κ1) is 16.9. The third-order valence-electron chi connectivity index (χ3n) is 3.48. The SMILES string of the molecule is CCOC(=O)c1cn(CC)c2c(OC)cc(OCC)cc2c1=O. The van der Waals surface area contributed by atoms with E-state index in [0.717, 1.165) is 0 Å². The predicted octanol–water partition coefficient (Wildman–Crippen LogP) is 2.61. The molecular weight excluding hydrogens is 298 g/mol. The number of aromatic nitrogens is 1. The van der Waals surface area contributed by atoms with Gasteiger partial charge in [0.05, 0.1) is 31.2 Å². The van der Waals surface area contributed by atoms with Crippen LogP contribution in [0.15, 0.2) is 23.1 Å². The highest BCUT2D eigenvalue weighted by Crippen LogP contribution is 2.30. The fourth-order valence-electron chi connectivity index (χ4n) is 2.49. The lowest BCUT2D eigenvalue weighted by atomic mass is 10.1. The van der Waals surface area contributed by atoms with E-state index in [9.17, 15) is 9.59 Å². The molecule has 0 saturated heterocycles. The summed E-state index contributed by atoms with van der Waals surface area (Å²) in [6.07, 6.45) is 1.52. The first-order valence-corrected chi connectivity index (χ1v) is 7.62. The summed E-state index contributed by atoms with van der Waals surface area (Å²) in [5.74, 6) is 0.431. The summed E-state index contributed by atoms with van der Waals surface area (Å²) < 4.78 is 17.7. The Labute approximate surface area is 134 Å². The first-order valence-electron chi connectivity index (χ1n) is 7.62. The van der Waals surface area contributed by atoms with Crippen molar-refractivity contribution in [1.82, 2.24) is 4.57 Å². The molecule has 0 fully saturated rings. The van der Waals surface area contributed by atoms with Crippen molar-refractivity contribution in [1.29, 1.82) is 0 Å². The van der Waals surface area contributed by atoms with Crippen LogP contribution in [0.2, 0.25) is 0 Å². The maximum absolute atomic E-state index is 12.7. The second-order valence-corrected chi connectivity index (χ2v) is 4.83. The van der Waals surface area contributed by atoms with E-state index in [0.29, 0.717) is 35.6 Å². The van der Waals surface area contributed by atoms with Gasteiger partial charge < -0.3 is 18.8 Å². The summed E-state index contributed by atoms with van der Waals surface area (Å²) >= 11 is 0. The van der Waals surface area contributed by atoms with E-state index in [1.807, 2.05) is 13.8 Å². The Bertz CT molecular complexity index is 779. The fraction of sp³-hybridized carbons (Fsp3) is 0.412. The molecule has 6 nitrogen and oxygen atoms in total. The highest BCUT2D eigenvalue weighted by atomic mass is 16.5. The maximum Gasteiger partial charge on any atom is 0.343 e. The van der Waals surface area contributed by atoms with Crippen LogP contribution in [0.1, 0.15) is 31.1 Å². The topological polar surface area (TPSA) is 66.8 Å². The summed E-state index contributed by atoms with van der Waals surface area (Å²) in [5.41, 5.74) is 0.261. The number of fused-ring (bicyclic) bond motifs is 1. The lowest BCUT2D eigenvalue weighted by Gasteiger charge is -2.15. The van der Waals surface area contributed by atoms with Crippen LogP contribution in [0, 0.1) is 0 Å². The lowest BCUT2D eigenvalue weighted by molar-refractivity contribution is 0.0524. The Kier molecular flexibility index (Phi) is 5.26. The molecule has 0 atom stereocenters. The molecule has 124 valence electrons. The molecule has 0 radical (unpaired) electrons. The van der Waals surface area contributed by atoms with Gasteiger partial charge in [-0.25, -0.2) is 4.79 Å². The van der Waals surface area contributed by atoms with Gasteiger partial charge in [-0.2, -0.15) is 0 Å². The van der Waals surface area contributed by atoms with Crippen LogP contribution in [0.4, 0.5) is 0 Å². The Morgan fingerprint density at radius 2 is 1.91 bits per heavy atom. The molecule has 0 aliphatic heterocycles. The number of rotatable bonds is 6. The summed E-state index contributed by atoms with van der Waals surface area (Å²) in [4.78, 5) is 24.8. The number of benzene rings is 1. The number of aryl methyl sites for hydroxylation is 1. The van der Waals surface area contributed by atoms with Crippen molar-refractivity contribution in [2.45, 2.75) is 27.3 Å². The number of esters is 1. The molecule has 23 heavy (non-hydrogen) atoms. The zero-order chi connectivity index (χ0) is 17.0. The van der Waals surface area contributed by atoms with E-state index in [4.69, 9.17) is 14.2 Å². The van der Waals surface area contributed by atoms with Gasteiger partial charge in [0.1, 0.15) is 17.1 Å². The van der Waals surface area contributed by atoms with Gasteiger partial charge in [0.15, 0.2) is 0 Å². The van der Waals surface area contributed by atoms with Crippen molar-refractivity contribution in [3.8, 4) is 11.5 Å². The number of carbonyl (C=O) groups excluding carboxylic acids is 1. The van der Waals surface area contributed by atoms with E-state index < -0.39 is 5.97 Å². The maximum atomic E-state index is 12.7. The average molecular weight is 319 g/mol. The van der Waals surface area contributed by atoms with Crippen LogP contribution >= 0.6 is 0 Å². The van der Waals surface area contributed by atoms with Gasteiger partial charge in [-0.1, -0.05) is 0 Å². The number of nitrogens with zero attached hydrogens (tertiary/aromatic N) is 1. The molecule has 1 heterocycles. The van der Waals surface area contributed by atoms with Crippen LogP contribution in [-0.2, 0) is 11.3 Å². The first-order chi connectivity index (χ1) is 11.1. The Hall–Kier alpha value is -2.50. The summed E-state index contributed by atoms with van der Waals surface area (Å²) in [6.45, 7) is 6.74. The van der Waals surface area contributed by atoms with Gasteiger partial charge in [-0.05, 0) is 26.8 Å². The molecule has 0 aliphatic rings. The van der Waals surface area contributed by atoms with Crippen molar-refractivity contribution in [2.75, 3.05) is 20.3 Å². The summed E-state index contributed by atoms with van der Waals surface area (Å²) in [7, 11) is 1.54. The normalized spacial score (nSPS) is 10.6. The second-order valence-electron chi connectivity index (χ2n) is 4.83. The Morgan fingerprint density at radius 3 is 2.48 bits per heavy atom. The van der Waals surface area contributed by atoms with Gasteiger partial charge in [0.25, 0.3) is 0 Å². The lowest BCUT2D eigenvalue weighted by Crippen LogP contribution is -2.21. The van der Waals surface area contributed by atoms with Gasteiger partial charge >= 0.3 is 5.97 Å². The van der Waals surface area contributed by atoms with Gasteiger partial charge in [0.2, 0.25) is 5.43 Å². The number of methoxy groups -OCH3 is 1. The smallest absolute Gasteiger partial charge is 0.343 e. The largest absolute Gasteiger partial charge is 0.494 e. The summed E-state index contributed by atoms with van der Waals surface area (Å²) in [6, 6.07) is 3.38. The van der Waals surface area contributed by atoms with Crippen LogP contribution in [0.3, 0.4) is 0 Å². The molecule has 0 unspecified atom stereocenters. The predicted molar refractivity (Wildman–Crippen MR) is 87.6 cm³/mol. The number of hydrogen-bond acceptors (Lipinski definition) is 5. The molecule has 0 aliphatic carbocycles. The molecule has 6 heteroatoms. The minimum atomic E-state index is -0.623. The van der Waals surface area contributed by atoms with Crippen molar-refractivity contribution in [2.24, 2.45) is 0 Å². The third-order valence-corrected chi connectivity index (χ3v) is 3.48. The minimum Gasteiger partial charge on any atom is -0.494 e. The van der Waals surface area contributed by atoms with Gasteiger partial charge in [0, 0.05) is 18.8 Å². The molecule has 0 saturated carbocycles. The van der Waals surface area contributed by atoms with Crippen LogP contribution in [0.5, 0.6) is 11.5 Å². The highest BCUT2D eigenvalue weighted by molar-refractivity contribution is 5.95. The number of pyridine rings is 1. The van der Waals surface area contributed by atoms with E-state index in [2.05, 4.69) is 0 Å². The Morgan fingerprint density at radius 1 is 1.17 bits per heavy atom. The molecule has 1 aromatic heterocycles. The fourth-order valence-corrected chi connectivity index (χ4v) is 2.49. The van der Waals surface area contributed by atoms with Crippen molar-refractivity contribution >= 4 is 16.9 Å². The van der Waals surface area contributed by atoms with E-state index in [1.165, 1.54) is 13.3 Å². The van der Waals surface area contributed by atoms with E-state index in [1.54, 1.807) is 23.6 Å². The van der Waals surface area contributed by atoms with Crippen LogP contribution < -0.4 is 14.9 Å². The number of hydrogen-bond donors (Lipinski definition) is 0. The molecular formula is C17H21NO5. The zero-order valence-electron chi connectivity index (χ0n) is 13.8. The monoisotopic (exact) mass is 319 g/mol. The molecule has 0 spiro atoms. The average Bonchev–Trinajstić information content (AvgIpc) is 2.55. The van der Waals surface area contributed by atoms with Crippen molar-refractivity contribution < 1.29 is 19.0 Å². The van der Waals surface area contributed by atoms with Gasteiger partial charge in [-0.3, -0.25) is 4.79 Å². The van der Waals surface area contributed by atoms with Crippen LogP contribution in [0.25, 0.3) is 10.9 Å². The van der Waals surface area contributed by atoms with E-state index in [-0.39, 0.29) is 17.6 Å². The second kappa shape index (κ2) is 7.17. The molecule has 1 aromatic carbocycles. The van der Waals surface area contributed by atoms with Crippen molar-refractivity contribution in [3.05, 3.63) is 34.1 Å². The highest BCUT2D eigenvalue weighted by Gasteiger charge is 2.19. The van der Waals surface area contributed by atoms with Gasteiger partial charge in [-0.15, -0.1) is 0 Å². The number of carbonyl (C=O) groups is 1. The summed E-state index contributed by atoms with van der Waals surface area (Å²) in [5, 5.41) is 0.375. The Balaban J connectivity index is 2.83. The molecule has 0 bridgehead atoms. The molecule has 2 rings (SSSR count). The quantitative estimate of drug-likeness (QED) is 0.766. The molecule has 0 amide bonds. The standard InChI is InChI=1S/C17H21NO5/c1-5-18-10-13(17(20)23-7-3)16(19)12-8-11(22-6-2)9-14(21-4)15(12)18/h8-10H,5-7H2,1-4H3. The zero-order valence-corrected chi connectivity index (χ0v) is 13.8. The molecule has 0 N–H and O–H groups in total. The molecule has 2 aromatic rings. The van der Waals surface area contributed by atoms with Crippen molar-refractivity contribution in [3.63, 3.8) is 0 Å². The van der Waals surface area contributed by atoms with Crippen LogP contribution in [-0.4, -0.2) is 30.9 Å². The number of ether oxygens (including phenoxy) is 3. The minimum absolute atomic E-state index is 0.0110. The van der Waals surface area contributed by atoms with E-state index >= 15 is 0 Å². The third kappa shape index (κ3) is 3.16.